The van der Waals surface area contributed by atoms with E-state index in [4.69, 9.17) is 0 Å². The second-order valence-electron chi connectivity index (χ2n) is 13.4. The van der Waals surface area contributed by atoms with Gasteiger partial charge in [-0.25, -0.2) is 0 Å². The molecule has 0 spiro atoms. The molecule has 1 aromatic rings. The van der Waals surface area contributed by atoms with Crippen molar-refractivity contribution in [3.05, 3.63) is 106 Å². The van der Waals surface area contributed by atoms with Crippen LogP contribution in [0, 0.1) is 5.92 Å². The van der Waals surface area contributed by atoms with Crippen molar-refractivity contribution in [1.29, 1.82) is 0 Å². The Morgan fingerprint density at radius 3 is 2.54 bits per heavy atom. The Morgan fingerprint density at radius 1 is 1.00 bits per heavy atom. The van der Waals surface area contributed by atoms with Gasteiger partial charge in [0.05, 0.1) is 6.10 Å². The highest BCUT2D eigenvalue weighted by molar-refractivity contribution is 5.97. The molecule has 46 heavy (non-hydrogen) atoms. The molecule has 0 bridgehead atoms. The van der Waals surface area contributed by atoms with E-state index in [-0.39, 0.29) is 12.0 Å². The first-order chi connectivity index (χ1) is 22.6. The maximum absolute atomic E-state index is 13.3. The average molecular weight is 619 g/mol. The third kappa shape index (κ3) is 9.28. The molecule has 1 fully saturated rings. The van der Waals surface area contributed by atoms with Gasteiger partial charge in [-0.3, -0.25) is 9.79 Å². The standard InChI is InChI=1S/C42H54N2O2/c1-3-10-32(11-4-2)12-6-5-7-13-33-16-18-34(19-17-33)37-20-21-38-31-43-27-26-41(40(38)30-37)44-28-8-14-35(15-9-29-44)42(46)36-22-24-39(45)25-23-36/h7,12-14,16-20,26-27,30-31,36,39,45H,3-6,8-11,15,21-25,28-29H2,1-2H3/b13-7+,35-14-. The smallest absolute Gasteiger partial charge is 0.161 e. The summed E-state index contributed by atoms with van der Waals surface area (Å²) in [6.07, 6.45) is 33.6. The van der Waals surface area contributed by atoms with Crippen molar-refractivity contribution in [3.8, 4) is 0 Å². The maximum Gasteiger partial charge on any atom is 0.161 e. The number of hydrogen-bond acceptors (Lipinski definition) is 4. The van der Waals surface area contributed by atoms with Crippen LogP contribution < -0.4 is 0 Å². The zero-order chi connectivity index (χ0) is 32.1. The van der Waals surface area contributed by atoms with Crippen molar-refractivity contribution >= 4 is 23.6 Å². The Hall–Kier alpha value is -3.50. The van der Waals surface area contributed by atoms with Gasteiger partial charge in [0.1, 0.15) is 0 Å². The Bertz CT molecular complexity index is 1430. The van der Waals surface area contributed by atoms with Crippen LogP contribution in [0.3, 0.4) is 0 Å². The molecular formula is C42H54N2O2. The van der Waals surface area contributed by atoms with Crippen molar-refractivity contribution in [2.75, 3.05) is 13.1 Å². The molecular weight excluding hydrogens is 564 g/mol. The van der Waals surface area contributed by atoms with Crippen LogP contribution in [0.2, 0.25) is 0 Å². The molecule has 0 amide bonds. The normalized spacial score (nSPS) is 23.1. The van der Waals surface area contributed by atoms with Crippen LogP contribution in [0.25, 0.3) is 11.6 Å². The van der Waals surface area contributed by atoms with Gasteiger partial charge in [-0.2, -0.15) is 0 Å². The Labute approximate surface area is 277 Å². The maximum atomic E-state index is 13.3. The first kappa shape index (κ1) is 33.9. The molecule has 0 aromatic heterocycles. The number of carbonyl (C=O) groups is 1. The van der Waals surface area contributed by atoms with Gasteiger partial charge in [-0.05, 0) is 117 Å². The first-order valence-corrected chi connectivity index (χ1v) is 18.0. The zero-order valence-electron chi connectivity index (χ0n) is 28.2. The second kappa shape index (κ2) is 17.4. The minimum absolute atomic E-state index is 0.0953. The number of benzene rings is 1. The lowest BCUT2D eigenvalue weighted by Gasteiger charge is -2.32. The van der Waals surface area contributed by atoms with Crippen LogP contribution in [0.4, 0.5) is 0 Å². The van der Waals surface area contributed by atoms with Crippen LogP contribution in [0.1, 0.15) is 115 Å². The minimum Gasteiger partial charge on any atom is -0.393 e. The molecule has 4 heteroatoms. The Morgan fingerprint density at radius 2 is 1.78 bits per heavy atom. The largest absolute Gasteiger partial charge is 0.393 e. The van der Waals surface area contributed by atoms with E-state index in [1.54, 1.807) is 5.57 Å². The highest BCUT2D eigenvalue weighted by Gasteiger charge is 2.28. The quantitative estimate of drug-likeness (QED) is 0.187. The fraction of sp³-hybridized carbons (Fsp3) is 0.476. The second-order valence-corrected chi connectivity index (χ2v) is 13.4. The number of unbranched alkanes of at least 4 members (excludes halogenated alkanes) is 1. The summed E-state index contributed by atoms with van der Waals surface area (Å²) in [5, 5.41) is 9.87. The van der Waals surface area contributed by atoms with E-state index in [1.165, 1.54) is 59.2 Å². The number of hydrogen-bond donors (Lipinski definition) is 1. The summed E-state index contributed by atoms with van der Waals surface area (Å²) in [6.45, 7) is 6.35. The van der Waals surface area contributed by atoms with Crippen molar-refractivity contribution in [3.63, 3.8) is 0 Å². The molecule has 4 aliphatic rings. The highest BCUT2D eigenvalue weighted by atomic mass is 16.3. The Kier molecular flexibility index (Phi) is 12.8. The summed E-state index contributed by atoms with van der Waals surface area (Å²) < 4.78 is 0. The third-order valence-electron chi connectivity index (χ3n) is 9.86. The van der Waals surface area contributed by atoms with Crippen molar-refractivity contribution in [2.45, 2.75) is 110 Å². The molecule has 0 saturated heterocycles. The molecule has 244 valence electrons. The van der Waals surface area contributed by atoms with E-state index in [0.717, 1.165) is 82.9 Å². The topological polar surface area (TPSA) is 52.9 Å². The summed E-state index contributed by atoms with van der Waals surface area (Å²) >= 11 is 0. The van der Waals surface area contributed by atoms with Crippen molar-refractivity contribution < 1.29 is 9.90 Å². The van der Waals surface area contributed by atoms with Gasteiger partial charge in [-0.15, -0.1) is 0 Å². The molecule has 1 aromatic carbocycles. The van der Waals surface area contributed by atoms with Crippen LogP contribution in [-0.4, -0.2) is 41.2 Å². The summed E-state index contributed by atoms with van der Waals surface area (Å²) in [5.41, 5.74) is 10.1. The summed E-state index contributed by atoms with van der Waals surface area (Å²) in [5.74, 6) is 0.427. The molecule has 2 aliphatic heterocycles. The number of fused-ring (bicyclic) bond motifs is 1. The lowest BCUT2D eigenvalue weighted by Crippen LogP contribution is -2.30. The lowest BCUT2D eigenvalue weighted by molar-refractivity contribution is -0.120. The number of allylic oxidation sites excluding steroid dienone is 9. The van der Waals surface area contributed by atoms with E-state index in [1.807, 2.05) is 12.4 Å². The van der Waals surface area contributed by atoms with Crippen molar-refractivity contribution in [2.24, 2.45) is 10.9 Å². The number of aliphatic hydroxyl groups excluding tert-OH is 1. The van der Waals surface area contributed by atoms with Crippen LogP contribution in [0.5, 0.6) is 0 Å². The zero-order valence-corrected chi connectivity index (χ0v) is 28.2. The van der Waals surface area contributed by atoms with Crippen LogP contribution in [-0.2, 0) is 4.79 Å². The first-order valence-electron chi connectivity index (χ1n) is 18.0. The fourth-order valence-corrected chi connectivity index (χ4v) is 7.31. The number of carbonyl (C=O) groups excluding carboxylic acids is 1. The predicted molar refractivity (Wildman–Crippen MR) is 194 cm³/mol. The number of aliphatic hydroxyl groups is 1. The SMILES string of the molecule is CCCC(=CCC/C=C/c1ccc(C2=CCC3=CN=CC=C(N4CC/C=C(\C(=O)C5CCC(O)CC5)CCC4)C3=C2)cc1)CCC. The van der Waals surface area contributed by atoms with Gasteiger partial charge in [-0.1, -0.05) is 86.9 Å². The molecule has 2 heterocycles. The van der Waals surface area contributed by atoms with E-state index in [2.05, 4.69) is 90.5 Å². The molecule has 2 aliphatic carbocycles. The number of Topliss-reactive ketones (excluding diaryl/α,β-unsaturated/α-hetero) is 1. The van der Waals surface area contributed by atoms with Crippen LogP contribution >= 0.6 is 0 Å². The summed E-state index contributed by atoms with van der Waals surface area (Å²) in [7, 11) is 0. The minimum atomic E-state index is -0.225. The van der Waals surface area contributed by atoms with E-state index < -0.39 is 0 Å². The van der Waals surface area contributed by atoms with Gasteiger partial charge in [0.25, 0.3) is 0 Å². The van der Waals surface area contributed by atoms with Gasteiger partial charge in [0, 0.05) is 42.7 Å². The molecule has 0 unspecified atom stereocenters. The summed E-state index contributed by atoms with van der Waals surface area (Å²) in [6, 6.07) is 8.97. The van der Waals surface area contributed by atoms with E-state index in [0.29, 0.717) is 5.78 Å². The van der Waals surface area contributed by atoms with E-state index >= 15 is 0 Å². The van der Waals surface area contributed by atoms with Gasteiger partial charge < -0.3 is 10.0 Å². The monoisotopic (exact) mass is 618 g/mol. The van der Waals surface area contributed by atoms with Gasteiger partial charge in [0.15, 0.2) is 5.78 Å². The Balaban J connectivity index is 1.21. The number of rotatable bonds is 12. The van der Waals surface area contributed by atoms with Crippen molar-refractivity contribution in [1.82, 2.24) is 4.90 Å². The average Bonchev–Trinajstić information content (AvgIpc) is 3.27. The molecule has 0 atom stereocenters. The molecule has 1 N–H and O–H groups in total. The lowest BCUT2D eigenvalue weighted by atomic mass is 9.81. The highest BCUT2D eigenvalue weighted by Crippen LogP contribution is 2.36. The predicted octanol–water partition coefficient (Wildman–Crippen LogP) is 10.1. The van der Waals surface area contributed by atoms with Gasteiger partial charge >= 0.3 is 0 Å². The third-order valence-corrected chi connectivity index (χ3v) is 9.86. The van der Waals surface area contributed by atoms with Gasteiger partial charge in [0.2, 0.25) is 0 Å². The number of ketones is 1. The number of nitrogens with zero attached hydrogens (tertiary/aromatic N) is 2. The van der Waals surface area contributed by atoms with Crippen LogP contribution in [0.15, 0.2) is 99.9 Å². The van der Waals surface area contributed by atoms with E-state index in [9.17, 15) is 9.90 Å². The molecule has 5 rings (SSSR count). The summed E-state index contributed by atoms with van der Waals surface area (Å²) in [4.78, 5) is 20.3. The molecule has 0 radical (unpaired) electrons. The molecule has 1 saturated carbocycles. The molecule has 4 nitrogen and oxygen atoms in total. The number of aliphatic imine (C=N–C) groups is 1. The fourth-order valence-electron chi connectivity index (χ4n) is 7.31.